The molecule has 0 unspecified atom stereocenters. The van der Waals surface area contributed by atoms with Crippen LogP contribution in [0.25, 0.3) is 0 Å². The summed E-state index contributed by atoms with van der Waals surface area (Å²) in [6.07, 6.45) is 4.73. The number of hydrogen-bond donors (Lipinski definition) is 1. The summed E-state index contributed by atoms with van der Waals surface area (Å²) >= 11 is 3.71. The zero-order chi connectivity index (χ0) is 9.26. The molecule has 0 spiro atoms. The van der Waals surface area contributed by atoms with Gasteiger partial charge in [-0.25, -0.2) is 15.0 Å². The highest BCUT2D eigenvalue weighted by atomic mass is 32.1. The molecule has 0 radical (unpaired) electrons. The van der Waals surface area contributed by atoms with Crippen molar-refractivity contribution in [3.63, 3.8) is 0 Å². The maximum absolute atomic E-state index is 11.0. The van der Waals surface area contributed by atoms with Crippen LogP contribution in [0.4, 0.5) is 4.79 Å². The Balaban J connectivity index is 2.37. The third-order valence-electron chi connectivity index (χ3n) is 1.62. The van der Waals surface area contributed by atoms with Crippen LogP contribution in [0, 0.1) is 0 Å². The summed E-state index contributed by atoms with van der Waals surface area (Å²) in [6.45, 7) is 0.437. The molecule has 0 atom stereocenters. The Kier molecular flexibility index (Phi) is 1.97. The lowest BCUT2D eigenvalue weighted by Crippen LogP contribution is -2.22. The molecule has 0 saturated carbocycles. The Hall–Kier alpha value is -1.43. The summed E-state index contributed by atoms with van der Waals surface area (Å²) in [4.78, 5) is 24.3. The lowest BCUT2D eigenvalue weighted by molar-refractivity contribution is 0.241. The van der Waals surface area contributed by atoms with Crippen molar-refractivity contribution in [1.82, 2.24) is 4.90 Å². The smallest absolute Gasteiger partial charge is 0.279 e. The van der Waals surface area contributed by atoms with E-state index in [-0.39, 0.29) is 5.24 Å². The molecular weight excluding hydrogens is 188 g/mol. The van der Waals surface area contributed by atoms with Crippen molar-refractivity contribution >= 4 is 36.5 Å². The molecule has 66 valence electrons. The number of thiol groups is 1. The van der Waals surface area contributed by atoms with E-state index in [2.05, 4.69) is 27.6 Å². The van der Waals surface area contributed by atoms with Crippen molar-refractivity contribution in [2.45, 2.75) is 0 Å². The highest BCUT2D eigenvalue weighted by Gasteiger charge is 2.22. The molecule has 13 heavy (non-hydrogen) atoms. The fourth-order valence-corrected chi connectivity index (χ4v) is 1.25. The van der Waals surface area contributed by atoms with Crippen LogP contribution >= 0.6 is 12.6 Å². The molecule has 0 aliphatic carbocycles. The first-order valence-corrected chi connectivity index (χ1v) is 4.08. The first-order chi connectivity index (χ1) is 6.29. The van der Waals surface area contributed by atoms with Crippen molar-refractivity contribution < 1.29 is 4.79 Å². The van der Waals surface area contributed by atoms with Crippen LogP contribution in [-0.4, -0.2) is 35.3 Å². The molecule has 2 aliphatic rings. The number of carbonyl (C=O) groups is 1. The first-order valence-electron chi connectivity index (χ1n) is 3.63. The van der Waals surface area contributed by atoms with E-state index in [1.54, 1.807) is 18.6 Å². The maximum atomic E-state index is 11.0. The van der Waals surface area contributed by atoms with Crippen molar-refractivity contribution in [3.05, 3.63) is 11.6 Å². The molecule has 0 aromatic carbocycles. The fourth-order valence-electron chi connectivity index (χ4n) is 1.07. The van der Waals surface area contributed by atoms with Gasteiger partial charge in [-0.3, -0.25) is 9.69 Å². The van der Waals surface area contributed by atoms with Crippen LogP contribution in [-0.2, 0) is 0 Å². The van der Waals surface area contributed by atoms with Gasteiger partial charge in [-0.05, 0) is 0 Å². The van der Waals surface area contributed by atoms with Gasteiger partial charge in [0.05, 0.1) is 6.54 Å². The van der Waals surface area contributed by atoms with Gasteiger partial charge in [0.1, 0.15) is 0 Å². The molecule has 2 heterocycles. The molecule has 0 aromatic heterocycles. The zero-order valence-electron chi connectivity index (χ0n) is 6.58. The van der Waals surface area contributed by atoms with Crippen LogP contribution in [0.5, 0.6) is 0 Å². The fraction of sp³-hybridized carbons (Fsp3) is 0.143. The standard InChI is InChI=1S/C7H6N4OS/c12-7(13)11-4-3-10-6(11)5-8-1-2-9-5/h1-3H,4H2,(H,12,13). The second-order valence-corrected chi connectivity index (χ2v) is 2.79. The van der Waals surface area contributed by atoms with Crippen molar-refractivity contribution in [1.29, 1.82) is 0 Å². The van der Waals surface area contributed by atoms with Gasteiger partial charge >= 0.3 is 0 Å². The predicted molar refractivity (Wildman–Crippen MR) is 53.6 cm³/mol. The van der Waals surface area contributed by atoms with E-state index in [0.717, 1.165) is 0 Å². The maximum Gasteiger partial charge on any atom is 0.284 e. The average molecular weight is 194 g/mol. The summed E-state index contributed by atoms with van der Waals surface area (Å²) in [7, 11) is 0. The van der Waals surface area contributed by atoms with E-state index >= 15 is 0 Å². The van der Waals surface area contributed by atoms with Crippen molar-refractivity contribution in [3.8, 4) is 0 Å². The molecule has 1 amide bonds. The minimum absolute atomic E-state index is 0.350. The lowest BCUT2D eigenvalue weighted by Gasteiger charge is -2.12. The van der Waals surface area contributed by atoms with Gasteiger partial charge in [-0.15, -0.1) is 0 Å². The molecule has 0 fully saturated rings. The molecule has 2 rings (SSSR count). The van der Waals surface area contributed by atoms with Crippen LogP contribution in [0.1, 0.15) is 0 Å². The van der Waals surface area contributed by atoms with E-state index in [1.165, 1.54) is 4.90 Å². The number of amides is 1. The minimum Gasteiger partial charge on any atom is -0.279 e. The molecule has 0 saturated heterocycles. The third-order valence-corrected chi connectivity index (χ3v) is 1.87. The number of nitrogens with zero attached hydrogens (tertiary/aromatic N) is 4. The molecule has 6 heteroatoms. The monoisotopic (exact) mass is 194 g/mol. The Morgan fingerprint density at radius 2 is 2.08 bits per heavy atom. The summed E-state index contributed by atoms with van der Waals surface area (Å²) in [6, 6.07) is 0. The molecule has 2 aliphatic heterocycles. The second kappa shape index (κ2) is 3.14. The quantitative estimate of drug-likeness (QED) is 0.567. The lowest BCUT2D eigenvalue weighted by atomic mass is 10.6. The zero-order valence-corrected chi connectivity index (χ0v) is 7.48. The highest BCUT2D eigenvalue weighted by Crippen LogP contribution is 2.20. The summed E-state index contributed by atoms with van der Waals surface area (Å²) in [5.74, 6) is 0.918. The largest absolute Gasteiger partial charge is 0.284 e. The van der Waals surface area contributed by atoms with E-state index in [0.29, 0.717) is 18.2 Å². The van der Waals surface area contributed by atoms with E-state index in [9.17, 15) is 4.79 Å². The van der Waals surface area contributed by atoms with Crippen LogP contribution in [0.2, 0.25) is 0 Å². The molecule has 0 N–H and O–H groups in total. The third kappa shape index (κ3) is 1.40. The number of rotatable bonds is 0. The average Bonchev–Trinajstić information content (AvgIpc) is 2.74. The number of aliphatic imine (C=N–C) groups is 3. The molecule has 0 aromatic rings. The van der Waals surface area contributed by atoms with Crippen LogP contribution < -0.4 is 0 Å². The van der Waals surface area contributed by atoms with E-state index in [4.69, 9.17) is 0 Å². The van der Waals surface area contributed by atoms with Crippen molar-refractivity contribution in [2.75, 3.05) is 6.54 Å². The topological polar surface area (TPSA) is 57.4 Å². The Bertz CT molecular complexity index is 355. The van der Waals surface area contributed by atoms with Gasteiger partial charge in [0.15, 0.2) is 11.6 Å². The molecule has 5 nitrogen and oxygen atoms in total. The Morgan fingerprint density at radius 1 is 1.38 bits per heavy atom. The van der Waals surface area contributed by atoms with Gasteiger partial charge in [-0.2, -0.15) is 0 Å². The van der Waals surface area contributed by atoms with Gasteiger partial charge in [0.25, 0.3) is 5.24 Å². The summed E-state index contributed by atoms with van der Waals surface area (Å²) in [5, 5.41) is -0.350. The van der Waals surface area contributed by atoms with Gasteiger partial charge < -0.3 is 0 Å². The number of carbonyl (C=O) groups excluding carboxylic acids is 1. The SMILES string of the molecule is O=C(S)N1CC=NC1=C1N=CC=N1. The minimum atomic E-state index is -0.350. The highest BCUT2D eigenvalue weighted by molar-refractivity contribution is 7.96. The summed E-state index contributed by atoms with van der Waals surface area (Å²) in [5.41, 5.74) is 0. The Labute approximate surface area is 80.0 Å². The van der Waals surface area contributed by atoms with E-state index in [1.807, 2.05) is 0 Å². The normalized spacial score (nSPS) is 19.3. The van der Waals surface area contributed by atoms with Crippen molar-refractivity contribution in [2.24, 2.45) is 15.0 Å². The molecule has 0 bridgehead atoms. The van der Waals surface area contributed by atoms with Crippen LogP contribution in [0.15, 0.2) is 26.6 Å². The first kappa shape index (κ1) is 8.18. The number of hydrogen-bond acceptors (Lipinski definition) is 4. The predicted octanol–water partition coefficient (Wildman–Crippen LogP) is 0.704. The van der Waals surface area contributed by atoms with Gasteiger partial charge in [0, 0.05) is 18.6 Å². The van der Waals surface area contributed by atoms with Crippen LogP contribution in [0.3, 0.4) is 0 Å². The Morgan fingerprint density at radius 3 is 2.69 bits per heavy atom. The second-order valence-electron chi connectivity index (χ2n) is 2.41. The summed E-state index contributed by atoms with van der Waals surface area (Å²) < 4.78 is 0. The van der Waals surface area contributed by atoms with E-state index < -0.39 is 0 Å². The van der Waals surface area contributed by atoms with Gasteiger partial charge in [0.2, 0.25) is 0 Å². The molecular formula is C7H6N4OS. The van der Waals surface area contributed by atoms with Gasteiger partial charge in [-0.1, -0.05) is 12.6 Å².